The fraction of sp³-hybridized carbons (Fsp3) is 0.400. The van der Waals surface area contributed by atoms with Gasteiger partial charge in [-0.15, -0.1) is 0 Å². The zero-order valence-electron chi connectivity index (χ0n) is 9.94. The predicted molar refractivity (Wildman–Crippen MR) is 67.4 cm³/mol. The van der Waals surface area contributed by atoms with Crippen LogP contribution in [0.25, 0.3) is 0 Å². The van der Waals surface area contributed by atoms with Gasteiger partial charge in [0, 0.05) is 6.54 Å². The van der Waals surface area contributed by atoms with Gasteiger partial charge in [-0.2, -0.15) is 0 Å². The van der Waals surface area contributed by atoms with Crippen LogP contribution in [0.2, 0.25) is 5.15 Å². The summed E-state index contributed by atoms with van der Waals surface area (Å²) in [7, 11) is 0. The summed E-state index contributed by atoms with van der Waals surface area (Å²) >= 11 is 5.66. The number of nitrogens with two attached hydrogens (primary N) is 1. The van der Waals surface area contributed by atoms with Gasteiger partial charge in [0.15, 0.2) is 0 Å². The first kappa shape index (κ1) is 14.2. The molecule has 3 N–H and O–H groups in total. The molecule has 0 atom stereocenters. The molecule has 18 heavy (non-hydrogen) atoms. The standard InChI is InChI=1S/C10H13ClN4O3/c1-10(2,9(12)16)5-13-8-4-6(15(17)18)3-7(11)14-8/h3-4H,5H2,1-2H3,(H2,12,16)(H,13,14). The van der Waals surface area contributed by atoms with Crippen LogP contribution >= 0.6 is 11.6 Å². The number of anilines is 1. The largest absolute Gasteiger partial charge is 0.369 e. The SMILES string of the molecule is CC(C)(CNc1cc([N+](=O)[O-])cc(Cl)n1)C(N)=O. The molecule has 98 valence electrons. The highest BCUT2D eigenvalue weighted by Crippen LogP contribution is 2.22. The maximum absolute atomic E-state index is 11.1. The third-order valence-electron chi connectivity index (χ3n) is 2.37. The van der Waals surface area contributed by atoms with Gasteiger partial charge in [-0.1, -0.05) is 11.6 Å². The van der Waals surface area contributed by atoms with E-state index in [9.17, 15) is 14.9 Å². The maximum Gasteiger partial charge on any atom is 0.276 e. The molecular formula is C10H13ClN4O3. The number of nitrogens with zero attached hydrogens (tertiary/aromatic N) is 2. The second-order valence-corrected chi connectivity index (χ2v) is 4.78. The lowest BCUT2D eigenvalue weighted by molar-refractivity contribution is -0.384. The minimum Gasteiger partial charge on any atom is -0.369 e. The Hall–Kier alpha value is -1.89. The van der Waals surface area contributed by atoms with E-state index in [0.717, 1.165) is 6.07 Å². The summed E-state index contributed by atoms with van der Waals surface area (Å²) in [5.41, 5.74) is 4.24. The number of primary amides is 1. The number of aromatic nitrogens is 1. The summed E-state index contributed by atoms with van der Waals surface area (Å²) < 4.78 is 0. The summed E-state index contributed by atoms with van der Waals surface area (Å²) in [5.74, 6) is -0.255. The van der Waals surface area contributed by atoms with Crippen LogP contribution in [0.15, 0.2) is 12.1 Å². The van der Waals surface area contributed by atoms with Crippen LogP contribution in [0, 0.1) is 15.5 Å². The molecule has 0 saturated carbocycles. The van der Waals surface area contributed by atoms with Crippen LogP contribution in [-0.2, 0) is 4.79 Å². The van der Waals surface area contributed by atoms with Crippen molar-refractivity contribution in [3.63, 3.8) is 0 Å². The molecule has 0 aromatic carbocycles. The minimum atomic E-state index is -0.793. The van der Waals surface area contributed by atoms with Gasteiger partial charge < -0.3 is 11.1 Å². The molecule has 1 aromatic rings. The molecule has 0 aliphatic rings. The molecule has 1 heterocycles. The van der Waals surface area contributed by atoms with Crippen molar-refractivity contribution in [2.45, 2.75) is 13.8 Å². The lowest BCUT2D eigenvalue weighted by Crippen LogP contribution is -2.37. The normalized spacial score (nSPS) is 11.1. The van der Waals surface area contributed by atoms with Gasteiger partial charge >= 0.3 is 0 Å². The lowest BCUT2D eigenvalue weighted by Gasteiger charge is -2.20. The van der Waals surface area contributed by atoms with E-state index in [2.05, 4.69) is 10.3 Å². The van der Waals surface area contributed by atoms with Gasteiger partial charge in [0.05, 0.1) is 22.5 Å². The minimum absolute atomic E-state index is 0.00332. The Balaban J connectivity index is 2.86. The smallest absolute Gasteiger partial charge is 0.276 e. The highest BCUT2D eigenvalue weighted by Gasteiger charge is 2.25. The molecule has 0 unspecified atom stereocenters. The number of carbonyl (C=O) groups is 1. The van der Waals surface area contributed by atoms with Crippen molar-refractivity contribution in [3.8, 4) is 0 Å². The first-order chi connectivity index (χ1) is 8.22. The number of nitro groups is 1. The lowest BCUT2D eigenvalue weighted by atomic mass is 9.93. The van der Waals surface area contributed by atoms with E-state index in [4.69, 9.17) is 17.3 Å². The molecule has 0 aliphatic heterocycles. The van der Waals surface area contributed by atoms with Crippen LogP contribution in [0.5, 0.6) is 0 Å². The number of nitrogens with one attached hydrogen (secondary N) is 1. The van der Waals surface area contributed by atoms with E-state index in [-0.39, 0.29) is 23.2 Å². The topological polar surface area (TPSA) is 111 Å². The van der Waals surface area contributed by atoms with E-state index < -0.39 is 16.2 Å². The Morgan fingerprint density at radius 1 is 1.61 bits per heavy atom. The Morgan fingerprint density at radius 2 is 2.22 bits per heavy atom. The van der Waals surface area contributed by atoms with Crippen LogP contribution in [0.3, 0.4) is 0 Å². The summed E-state index contributed by atoms with van der Waals surface area (Å²) in [5, 5.41) is 13.4. The summed E-state index contributed by atoms with van der Waals surface area (Å²) in [6, 6.07) is 2.38. The van der Waals surface area contributed by atoms with Crippen LogP contribution in [-0.4, -0.2) is 22.4 Å². The summed E-state index contributed by atoms with van der Waals surface area (Å²) in [4.78, 5) is 25.0. The van der Waals surface area contributed by atoms with E-state index in [0.29, 0.717) is 0 Å². The Morgan fingerprint density at radius 3 is 2.72 bits per heavy atom. The van der Waals surface area contributed by atoms with Crippen molar-refractivity contribution in [1.82, 2.24) is 4.98 Å². The fourth-order valence-electron chi connectivity index (χ4n) is 1.08. The maximum atomic E-state index is 11.1. The average molecular weight is 273 g/mol. The van der Waals surface area contributed by atoms with Crippen molar-refractivity contribution in [3.05, 3.63) is 27.4 Å². The number of amides is 1. The van der Waals surface area contributed by atoms with Gasteiger partial charge in [-0.05, 0) is 13.8 Å². The van der Waals surface area contributed by atoms with Crippen molar-refractivity contribution < 1.29 is 9.72 Å². The number of hydrogen-bond donors (Lipinski definition) is 2. The van der Waals surface area contributed by atoms with E-state index >= 15 is 0 Å². The highest BCUT2D eigenvalue weighted by molar-refractivity contribution is 6.29. The van der Waals surface area contributed by atoms with Crippen molar-refractivity contribution in [1.29, 1.82) is 0 Å². The first-order valence-electron chi connectivity index (χ1n) is 5.08. The zero-order valence-corrected chi connectivity index (χ0v) is 10.7. The number of hydrogen-bond acceptors (Lipinski definition) is 5. The molecule has 1 amide bonds. The highest BCUT2D eigenvalue weighted by atomic mass is 35.5. The monoisotopic (exact) mass is 272 g/mol. The van der Waals surface area contributed by atoms with Crippen LogP contribution in [0.4, 0.5) is 11.5 Å². The number of carbonyl (C=O) groups excluding carboxylic acids is 1. The molecule has 0 saturated heterocycles. The molecule has 0 radical (unpaired) electrons. The van der Waals surface area contributed by atoms with E-state index in [1.165, 1.54) is 6.07 Å². The molecule has 0 spiro atoms. The molecule has 7 nitrogen and oxygen atoms in total. The van der Waals surface area contributed by atoms with Gasteiger partial charge in [0.1, 0.15) is 11.0 Å². The van der Waals surface area contributed by atoms with Gasteiger partial charge in [-0.3, -0.25) is 14.9 Å². The quantitative estimate of drug-likeness (QED) is 0.480. The van der Waals surface area contributed by atoms with Crippen molar-refractivity contribution >= 4 is 29.0 Å². The van der Waals surface area contributed by atoms with Gasteiger partial charge in [-0.25, -0.2) is 4.98 Å². The third kappa shape index (κ3) is 3.56. The van der Waals surface area contributed by atoms with Crippen molar-refractivity contribution in [2.75, 3.05) is 11.9 Å². The third-order valence-corrected chi connectivity index (χ3v) is 2.56. The molecule has 8 heteroatoms. The summed E-state index contributed by atoms with van der Waals surface area (Å²) in [6.07, 6.45) is 0. The predicted octanol–water partition coefficient (Wildman–Crippen LogP) is 1.57. The van der Waals surface area contributed by atoms with E-state index in [1.54, 1.807) is 13.8 Å². The first-order valence-corrected chi connectivity index (χ1v) is 5.46. The summed E-state index contributed by atoms with van der Waals surface area (Å²) in [6.45, 7) is 3.51. The molecule has 0 bridgehead atoms. The van der Waals surface area contributed by atoms with Gasteiger partial charge in [0.25, 0.3) is 5.69 Å². The molecular weight excluding hydrogens is 260 g/mol. The number of rotatable bonds is 5. The fourth-order valence-corrected chi connectivity index (χ4v) is 1.28. The van der Waals surface area contributed by atoms with Gasteiger partial charge in [0.2, 0.25) is 5.91 Å². The second kappa shape index (κ2) is 5.18. The Labute approximate surface area is 108 Å². The van der Waals surface area contributed by atoms with E-state index in [1.807, 2.05) is 0 Å². The number of pyridine rings is 1. The van der Waals surface area contributed by atoms with Crippen LogP contribution in [0.1, 0.15) is 13.8 Å². The molecule has 0 aliphatic carbocycles. The zero-order chi connectivity index (χ0) is 13.9. The van der Waals surface area contributed by atoms with Crippen LogP contribution < -0.4 is 11.1 Å². The molecule has 1 rings (SSSR count). The Kier molecular flexibility index (Phi) is 4.07. The Bertz CT molecular complexity index is 490. The molecule has 1 aromatic heterocycles. The average Bonchev–Trinajstić information content (AvgIpc) is 2.25. The molecule has 0 fully saturated rings. The van der Waals surface area contributed by atoms with Crippen molar-refractivity contribution in [2.24, 2.45) is 11.1 Å². The number of halogens is 1. The second-order valence-electron chi connectivity index (χ2n) is 4.39.